The summed E-state index contributed by atoms with van der Waals surface area (Å²) in [6, 6.07) is 9.70. The van der Waals surface area contributed by atoms with Crippen LogP contribution in [0.2, 0.25) is 18.1 Å². The molecule has 0 saturated heterocycles. The maximum atomic E-state index is 13.6. The molecule has 0 amide bonds. The Kier molecular flexibility index (Phi) is 10.7. The van der Waals surface area contributed by atoms with Crippen molar-refractivity contribution in [3.63, 3.8) is 0 Å². The minimum absolute atomic E-state index is 0.160. The van der Waals surface area contributed by atoms with Crippen LogP contribution in [0.4, 0.5) is 0 Å². The molecular weight excluding hydrogens is 477 g/mol. The lowest BCUT2D eigenvalue weighted by atomic mass is 9.72. The lowest BCUT2D eigenvalue weighted by molar-refractivity contribution is 0.327. The summed E-state index contributed by atoms with van der Waals surface area (Å²) >= 11 is 0. The number of hydrogen-bond acceptors (Lipinski definition) is 2. The molecule has 0 aliphatic heterocycles. The fourth-order valence-electron chi connectivity index (χ4n) is 4.19. The Labute approximate surface area is 224 Å². The summed E-state index contributed by atoms with van der Waals surface area (Å²) in [6.07, 6.45) is 14.4. The summed E-state index contributed by atoms with van der Waals surface area (Å²) in [6.45, 7) is 22.9. The van der Waals surface area contributed by atoms with Crippen molar-refractivity contribution in [1.29, 1.82) is 0 Å². The third-order valence-corrected chi connectivity index (χ3v) is 13.8. The zero-order valence-corrected chi connectivity index (χ0v) is 26.1. The Balaban J connectivity index is 2.34. The standard InChI is InChI=1S/C32H48O2SSi/c1-25(18-20-29-26(2)15-14-23-32(29,7)8)19-21-30(35(33)28-16-12-11-13-17-28)27(3)22-24-34-36(9,10)31(4,5)6/h11-13,16-22H,14-15,23-24H2,1-10H3/b20-18+,25-19-,27-22+,30-21-. The molecule has 0 radical (unpaired) electrons. The van der Waals surface area contributed by atoms with Gasteiger partial charge in [-0.3, -0.25) is 0 Å². The summed E-state index contributed by atoms with van der Waals surface area (Å²) in [5.74, 6) is 0. The molecule has 1 aliphatic rings. The monoisotopic (exact) mass is 524 g/mol. The largest absolute Gasteiger partial charge is 0.413 e. The van der Waals surface area contributed by atoms with E-state index in [1.807, 2.05) is 43.3 Å². The maximum absolute atomic E-state index is 13.6. The molecule has 2 rings (SSSR count). The van der Waals surface area contributed by atoms with Gasteiger partial charge in [-0.05, 0) is 92.9 Å². The second kappa shape index (κ2) is 12.7. The van der Waals surface area contributed by atoms with Crippen molar-refractivity contribution in [3.05, 3.63) is 87.9 Å². The van der Waals surface area contributed by atoms with Crippen LogP contribution >= 0.6 is 0 Å². The Morgan fingerprint density at radius 3 is 2.33 bits per heavy atom. The van der Waals surface area contributed by atoms with Gasteiger partial charge >= 0.3 is 0 Å². The van der Waals surface area contributed by atoms with Crippen LogP contribution in [-0.2, 0) is 15.2 Å². The van der Waals surface area contributed by atoms with E-state index in [1.165, 1.54) is 30.4 Å². The fourth-order valence-corrected chi connectivity index (χ4v) is 6.35. The van der Waals surface area contributed by atoms with E-state index in [1.54, 1.807) is 0 Å². The van der Waals surface area contributed by atoms with Crippen LogP contribution in [0.1, 0.15) is 74.7 Å². The molecular formula is C32H48O2SSi. The molecule has 0 N–H and O–H groups in total. The number of benzene rings is 1. The van der Waals surface area contributed by atoms with Gasteiger partial charge in [0.2, 0.25) is 0 Å². The maximum Gasteiger partial charge on any atom is 0.192 e. The summed E-state index contributed by atoms with van der Waals surface area (Å²) < 4.78 is 19.9. The van der Waals surface area contributed by atoms with Crippen molar-refractivity contribution in [3.8, 4) is 0 Å². The molecule has 1 aliphatic carbocycles. The van der Waals surface area contributed by atoms with E-state index < -0.39 is 19.1 Å². The van der Waals surface area contributed by atoms with E-state index in [4.69, 9.17) is 4.43 Å². The lowest BCUT2D eigenvalue weighted by Crippen LogP contribution is -2.40. The van der Waals surface area contributed by atoms with Crippen molar-refractivity contribution in [1.82, 2.24) is 0 Å². The van der Waals surface area contributed by atoms with Gasteiger partial charge in [0.1, 0.15) is 0 Å². The van der Waals surface area contributed by atoms with Crippen molar-refractivity contribution < 1.29 is 8.63 Å². The molecule has 1 atom stereocenters. The zero-order chi connectivity index (χ0) is 27.1. The first-order valence-corrected chi connectivity index (χ1v) is 17.3. The third-order valence-electron chi connectivity index (χ3n) is 7.74. The second-order valence-electron chi connectivity index (χ2n) is 12.2. The molecule has 0 aromatic heterocycles. The van der Waals surface area contributed by atoms with Gasteiger partial charge in [-0.25, -0.2) is 4.21 Å². The molecule has 1 unspecified atom stereocenters. The van der Waals surface area contributed by atoms with Crippen molar-refractivity contribution in [2.45, 2.75) is 97.7 Å². The van der Waals surface area contributed by atoms with Gasteiger partial charge in [0.05, 0.1) is 17.4 Å². The van der Waals surface area contributed by atoms with Gasteiger partial charge < -0.3 is 4.43 Å². The molecule has 1 aromatic rings. The van der Waals surface area contributed by atoms with Gasteiger partial charge in [0.15, 0.2) is 8.32 Å². The number of allylic oxidation sites excluding steroid dienone is 8. The van der Waals surface area contributed by atoms with Crippen molar-refractivity contribution in [2.75, 3.05) is 6.61 Å². The van der Waals surface area contributed by atoms with E-state index in [-0.39, 0.29) is 10.5 Å². The topological polar surface area (TPSA) is 26.3 Å². The summed E-state index contributed by atoms with van der Waals surface area (Å²) in [5.41, 5.74) is 5.31. The molecule has 198 valence electrons. The molecule has 2 nitrogen and oxygen atoms in total. The quantitative estimate of drug-likeness (QED) is 0.237. The highest BCUT2D eigenvalue weighted by Gasteiger charge is 2.36. The van der Waals surface area contributed by atoms with Crippen LogP contribution < -0.4 is 0 Å². The fraction of sp³-hybridized carbons (Fsp3) is 0.500. The first-order chi connectivity index (χ1) is 16.7. The highest BCUT2D eigenvalue weighted by molar-refractivity contribution is 7.89. The molecule has 36 heavy (non-hydrogen) atoms. The minimum atomic E-state index is -1.84. The molecule has 0 heterocycles. The summed E-state index contributed by atoms with van der Waals surface area (Å²) in [7, 11) is -3.11. The van der Waals surface area contributed by atoms with Crippen LogP contribution in [0.5, 0.6) is 0 Å². The second-order valence-corrected chi connectivity index (χ2v) is 18.5. The van der Waals surface area contributed by atoms with Crippen LogP contribution in [-0.4, -0.2) is 19.1 Å². The van der Waals surface area contributed by atoms with E-state index in [0.29, 0.717) is 6.61 Å². The Bertz CT molecular complexity index is 1080. The highest BCUT2D eigenvalue weighted by Crippen LogP contribution is 2.41. The van der Waals surface area contributed by atoms with Gasteiger partial charge in [0, 0.05) is 9.80 Å². The third kappa shape index (κ3) is 8.39. The number of rotatable bonds is 9. The predicted molar refractivity (Wildman–Crippen MR) is 161 cm³/mol. The summed E-state index contributed by atoms with van der Waals surface area (Å²) in [5, 5.41) is 0.160. The first kappa shape index (κ1) is 30.5. The van der Waals surface area contributed by atoms with Crippen LogP contribution in [0, 0.1) is 5.41 Å². The molecule has 0 spiro atoms. The number of hydrogen-bond donors (Lipinski definition) is 0. The Morgan fingerprint density at radius 1 is 1.11 bits per heavy atom. The van der Waals surface area contributed by atoms with E-state index >= 15 is 0 Å². The van der Waals surface area contributed by atoms with Crippen molar-refractivity contribution in [2.24, 2.45) is 5.41 Å². The predicted octanol–water partition coefficient (Wildman–Crippen LogP) is 9.68. The van der Waals surface area contributed by atoms with Gasteiger partial charge in [-0.1, -0.05) is 88.3 Å². The van der Waals surface area contributed by atoms with E-state index in [2.05, 4.69) is 85.9 Å². The molecule has 0 fully saturated rings. The average Bonchev–Trinajstić information content (AvgIpc) is 2.78. The van der Waals surface area contributed by atoms with E-state index in [0.717, 1.165) is 20.9 Å². The lowest BCUT2D eigenvalue weighted by Gasteiger charge is -2.35. The average molecular weight is 525 g/mol. The summed E-state index contributed by atoms with van der Waals surface area (Å²) in [4.78, 5) is 1.63. The molecule has 0 bridgehead atoms. The van der Waals surface area contributed by atoms with Gasteiger partial charge in [0.25, 0.3) is 0 Å². The molecule has 4 heteroatoms. The molecule has 1 aromatic carbocycles. The SMILES string of the molecule is CC1=C(/C=C/C(C)=C\C=C(\C(C)=C\CO[Si](C)(C)C(C)(C)C)S(=O)c2ccccc2)C(C)(C)CCC1. The van der Waals surface area contributed by atoms with Gasteiger partial charge in [-0.15, -0.1) is 0 Å². The van der Waals surface area contributed by atoms with Crippen LogP contribution in [0.3, 0.4) is 0 Å². The van der Waals surface area contributed by atoms with Crippen molar-refractivity contribution >= 4 is 19.1 Å². The Hall–Kier alpha value is -1.75. The smallest absolute Gasteiger partial charge is 0.192 e. The normalized spacial score (nSPS) is 19.2. The zero-order valence-electron chi connectivity index (χ0n) is 24.3. The van der Waals surface area contributed by atoms with Crippen LogP contribution in [0.15, 0.2) is 92.8 Å². The van der Waals surface area contributed by atoms with E-state index in [9.17, 15) is 4.21 Å². The van der Waals surface area contributed by atoms with Crippen LogP contribution in [0.25, 0.3) is 0 Å². The Morgan fingerprint density at radius 2 is 1.75 bits per heavy atom. The minimum Gasteiger partial charge on any atom is -0.413 e. The molecule has 0 saturated carbocycles. The highest BCUT2D eigenvalue weighted by atomic mass is 32.2. The van der Waals surface area contributed by atoms with Gasteiger partial charge in [-0.2, -0.15) is 0 Å². The first-order valence-electron chi connectivity index (χ1n) is 13.2.